The Kier molecular flexibility index (Phi) is 6.66. The summed E-state index contributed by atoms with van der Waals surface area (Å²) in [5.74, 6) is -0.913. The summed E-state index contributed by atoms with van der Waals surface area (Å²) in [6.45, 7) is 3.92. The molecule has 0 N–H and O–H groups in total. The number of hydrogen-bond acceptors (Lipinski definition) is 3. The zero-order valence-corrected chi connectivity index (χ0v) is 14.7. The molecule has 0 amide bonds. The van der Waals surface area contributed by atoms with Crippen LogP contribution in [0.2, 0.25) is 0 Å². The number of carbonyl (C=O) groups excluding carboxylic acids is 1. The third kappa shape index (κ3) is 5.25. The highest BCUT2D eigenvalue weighted by Gasteiger charge is 2.32. The van der Waals surface area contributed by atoms with E-state index in [4.69, 9.17) is 4.74 Å². The number of alkyl halides is 3. The van der Waals surface area contributed by atoms with Gasteiger partial charge in [0.2, 0.25) is 0 Å². The summed E-state index contributed by atoms with van der Waals surface area (Å²) in [5, 5.41) is 0. The lowest BCUT2D eigenvalue weighted by atomic mass is 9.99. The van der Waals surface area contributed by atoms with E-state index in [2.05, 4.69) is 4.74 Å². The van der Waals surface area contributed by atoms with Crippen LogP contribution in [0.1, 0.15) is 43.5 Å². The maximum Gasteiger partial charge on any atom is 0.573 e. The lowest BCUT2D eigenvalue weighted by molar-refractivity contribution is -0.274. The average Bonchev–Trinajstić information content (AvgIpc) is 2.60. The van der Waals surface area contributed by atoms with Gasteiger partial charge in [0.05, 0.1) is 5.56 Å². The first-order valence-electron chi connectivity index (χ1n) is 8.50. The molecule has 26 heavy (non-hydrogen) atoms. The van der Waals surface area contributed by atoms with Crippen molar-refractivity contribution in [3.05, 3.63) is 54.1 Å². The van der Waals surface area contributed by atoms with Crippen LogP contribution in [0.25, 0.3) is 11.1 Å². The molecule has 0 bridgehead atoms. The van der Waals surface area contributed by atoms with E-state index in [1.165, 1.54) is 18.2 Å². The SMILES string of the molecule is CCCC(CC)OC(=O)c1ccccc1-c1ccccc1OC(F)(F)F. The molecule has 1 atom stereocenters. The Labute approximate surface area is 150 Å². The first kappa shape index (κ1) is 19.8. The van der Waals surface area contributed by atoms with Crippen molar-refractivity contribution < 1.29 is 27.4 Å². The summed E-state index contributed by atoms with van der Waals surface area (Å²) in [6, 6.07) is 12.2. The summed E-state index contributed by atoms with van der Waals surface area (Å²) in [4.78, 5) is 12.6. The van der Waals surface area contributed by atoms with Crippen molar-refractivity contribution in [1.29, 1.82) is 0 Å². The molecule has 0 saturated carbocycles. The molecule has 0 radical (unpaired) electrons. The van der Waals surface area contributed by atoms with Crippen molar-refractivity contribution >= 4 is 5.97 Å². The number of hydrogen-bond donors (Lipinski definition) is 0. The third-order valence-electron chi connectivity index (χ3n) is 3.89. The molecule has 6 heteroatoms. The van der Waals surface area contributed by atoms with E-state index in [-0.39, 0.29) is 23.0 Å². The number of benzene rings is 2. The van der Waals surface area contributed by atoms with Gasteiger partial charge >= 0.3 is 12.3 Å². The second-order valence-corrected chi connectivity index (χ2v) is 5.81. The Balaban J connectivity index is 2.40. The summed E-state index contributed by atoms with van der Waals surface area (Å²) in [7, 11) is 0. The maximum absolute atomic E-state index is 12.7. The maximum atomic E-state index is 12.7. The molecule has 1 unspecified atom stereocenters. The minimum Gasteiger partial charge on any atom is -0.459 e. The van der Waals surface area contributed by atoms with Gasteiger partial charge in [0.1, 0.15) is 11.9 Å². The van der Waals surface area contributed by atoms with Crippen molar-refractivity contribution in [2.45, 2.75) is 45.6 Å². The van der Waals surface area contributed by atoms with Crippen molar-refractivity contribution in [1.82, 2.24) is 0 Å². The Morgan fingerprint density at radius 2 is 1.62 bits per heavy atom. The van der Waals surface area contributed by atoms with Crippen LogP contribution in [0.15, 0.2) is 48.5 Å². The smallest absolute Gasteiger partial charge is 0.459 e. The van der Waals surface area contributed by atoms with Gasteiger partial charge < -0.3 is 9.47 Å². The zero-order chi connectivity index (χ0) is 19.2. The fraction of sp³-hybridized carbons (Fsp3) is 0.350. The third-order valence-corrected chi connectivity index (χ3v) is 3.89. The molecule has 0 fully saturated rings. The fourth-order valence-corrected chi connectivity index (χ4v) is 2.68. The molecule has 0 spiro atoms. The van der Waals surface area contributed by atoms with Crippen molar-refractivity contribution in [3.63, 3.8) is 0 Å². The zero-order valence-electron chi connectivity index (χ0n) is 14.7. The first-order valence-corrected chi connectivity index (χ1v) is 8.50. The quantitative estimate of drug-likeness (QED) is 0.565. The molecule has 0 aromatic heterocycles. The van der Waals surface area contributed by atoms with E-state index < -0.39 is 12.3 Å². The second-order valence-electron chi connectivity index (χ2n) is 5.81. The second kappa shape index (κ2) is 8.74. The monoisotopic (exact) mass is 366 g/mol. The molecular weight excluding hydrogens is 345 g/mol. The number of carbonyl (C=O) groups is 1. The van der Waals surface area contributed by atoms with Gasteiger partial charge in [-0.05, 0) is 30.5 Å². The van der Waals surface area contributed by atoms with Crippen molar-refractivity contribution in [2.24, 2.45) is 0 Å². The molecule has 0 aliphatic rings. The van der Waals surface area contributed by atoms with E-state index in [0.717, 1.165) is 12.8 Å². The molecular formula is C20H21F3O3. The van der Waals surface area contributed by atoms with E-state index >= 15 is 0 Å². The molecule has 2 aromatic carbocycles. The van der Waals surface area contributed by atoms with Crippen LogP contribution in [0.3, 0.4) is 0 Å². The molecule has 0 saturated heterocycles. The molecule has 3 nitrogen and oxygen atoms in total. The highest BCUT2D eigenvalue weighted by molar-refractivity contribution is 5.98. The van der Waals surface area contributed by atoms with Crippen LogP contribution in [0, 0.1) is 0 Å². The van der Waals surface area contributed by atoms with E-state index in [1.807, 2.05) is 13.8 Å². The van der Waals surface area contributed by atoms with E-state index in [9.17, 15) is 18.0 Å². The summed E-state index contributed by atoms with van der Waals surface area (Å²) in [5.41, 5.74) is 0.727. The van der Waals surface area contributed by atoms with Gasteiger partial charge in [0.25, 0.3) is 0 Å². The lowest BCUT2D eigenvalue weighted by Crippen LogP contribution is -2.19. The van der Waals surface area contributed by atoms with Crippen LogP contribution in [0.4, 0.5) is 13.2 Å². The number of ether oxygens (including phenoxy) is 2. The Morgan fingerprint density at radius 1 is 1.00 bits per heavy atom. The fourth-order valence-electron chi connectivity index (χ4n) is 2.68. The van der Waals surface area contributed by atoms with Gasteiger partial charge in [0, 0.05) is 5.56 Å². The summed E-state index contributed by atoms with van der Waals surface area (Å²) >= 11 is 0. The minimum atomic E-state index is -4.82. The van der Waals surface area contributed by atoms with Crippen LogP contribution in [-0.4, -0.2) is 18.4 Å². The van der Waals surface area contributed by atoms with Gasteiger partial charge in [-0.3, -0.25) is 0 Å². The van der Waals surface area contributed by atoms with Gasteiger partial charge in [0.15, 0.2) is 0 Å². The van der Waals surface area contributed by atoms with Crippen molar-refractivity contribution in [2.75, 3.05) is 0 Å². The summed E-state index contributed by atoms with van der Waals surface area (Å²) < 4.78 is 47.7. The number of esters is 1. The van der Waals surface area contributed by atoms with Gasteiger partial charge in [-0.1, -0.05) is 56.7 Å². The predicted molar refractivity (Wildman–Crippen MR) is 93.0 cm³/mol. The standard InChI is InChI=1S/C20H21F3O3/c1-3-9-14(4-2)25-19(24)17-12-6-5-10-15(17)16-11-7-8-13-18(16)26-20(21,22)23/h5-8,10-14H,3-4,9H2,1-2H3. The van der Waals surface area contributed by atoms with E-state index in [0.29, 0.717) is 12.0 Å². The summed E-state index contributed by atoms with van der Waals surface area (Å²) in [6.07, 6.45) is -2.76. The molecule has 0 aliphatic heterocycles. The largest absolute Gasteiger partial charge is 0.573 e. The first-order chi connectivity index (χ1) is 12.4. The average molecular weight is 366 g/mol. The Hall–Kier alpha value is -2.50. The number of halogens is 3. The van der Waals surface area contributed by atoms with Crippen LogP contribution < -0.4 is 4.74 Å². The van der Waals surface area contributed by atoms with Gasteiger partial charge in [-0.15, -0.1) is 13.2 Å². The Bertz CT molecular complexity index is 741. The number of rotatable bonds is 7. The predicted octanol–water partition coefficient (Wildman–Crippen LogP) is 5.99. The molecule has 2 aromatic rings. The molecule has 2 rings (SSSR count). The van der Waals surface area contributed by atoms with Gasteiger partial charge in [-0.2, -0.15) is 0 Å². The molecule has 0 heterocycles. The van der Waals surface area contributed by atoms with Crippen LogP contribution >= 0.6 is 0 Å². The van der Waals surface area contributed by atoms with Gasteiger partial charge in [-0.25, -0.2) is 4.79 Å². The highest BCUT2D eigenvalue weighted by Crippen LogP contribution is 2.35. The molecule has 140 valence electrons. The number of para-hydroxylation sites is 1. The normalized spacial score (nSPS) is 12.5. The van der Waals surface area contributed by atoms with Crippen LogP contribution in [-0.2, 0) is 4.74 Å². The lowest BCUT2D eigenvalue weighted by Gasteiger charge is -2.18. The topological polar surface area (TPSA) is 35.5 Å². The minimum absolute atomic E-state index is 0.181. The molecule has 0 aliphatic carbocycles. The van der Waals surface area contributed by atoms with E-state index in [1.54, 1.807) is 30.3 Å². The van der Waals surface area contributed by atoms with Crippen molar-refractivity contribution in [3.8, 4) is 16.9 Å². The highest BCUT2D eigenvalue weighted by atomic mass is 19.4. The Morgan fingerprint density at radius 3 is 2.23 bits per heavy atom. The van der Waals surface area contributed by atoms with Crippen LogP contribution in [0.5, 0.6) is 5.75 Å².